The van der Waals surface area contributed by atoms with E-state index >= 15 is 0 Å². The maximum atomic E-state index is 5.28. The van der Waals surface area contributed by atoms with Crippen molar-refractivity contribution in [2.45, 2.75) is 0 Å². The smallest absolute Gasteiger partial charge is 0.238 e. The first-order chi connectivity index (χ1) is 27.8. The van der Waals surface area contributed by atoms with E-state index in [1.165, 1.54) is 0 Å². The molecule has 5 heteroatoms. The molecule has 0 aliphatic heterocycles. The lowest BCUT2D eigenvalue weighted by Crippen LogP contribution is -2.09. The fourth-order valence-electron chi connectivity index (χ4n) is 7.63. The summed E-state index contributed by atoms with van der Waals surface area (Å²) in [5, 5.41) is 2.29. The van der Waals surface area contributed by atoms with Crippen LogP contribution in [-0.2, 0) is 0 Å². The Hall–Kier alpha value is -7.63. The van der Waals surface area contributed by atoms with Gasteiger partial charge in [0.1, 0.15) is 0 Å². The van der Waals surface area contributed by atoms with Gasteiger partial charge in [-0.1, -0.05) is 164 Å². The molecular weight excluding hydrogens is 683 g/mol. The predicted octanol–water partition coefficient (Wildman–Crippen LogP) is 13.1. The summed E-state index contributed by atoms with van der Waals surface area (Å²) >= 11 is 0. The van der Waals surface area contributed by atoms with E-state index in [9.17, 15) is 0 Å². The molecule has 0 aliphatic rings. The third-order valence-electron chi connectivity index (χ3n) is 10.2. The van der Waals surface area contributed by atoms with Crippen molar-refractivity contribution in [1.82, 2.24) is 19.5 Å². The molecule has 2 aromatic heterocycles. The molecule has 264 valence electrons. The molecule has 0 atom stereocenters. The van der Waals surface area contributed by atoms with Crippen molar-refractivity contribution < 1.29 is 0 Å². The van der Waals surface area contributed by atoms with Crippen LogP contribution in [0.25, 0.3) is 72.8 Å². The number of benzene rings is 8. The fourth-order valence-corrected chi connectivity index (χ4v) is 7.63. The third kappa shape index (κ3) is 6.07. The van der Waals surface area contributed by atoms with Crippen molar-refractivity contribution in [2.24, 2.45) is 0 Å². The van der Waals surface area contributed by atoms with Crippen molar-refractivity contribution in [3.8, 4) is 51.0 Å². The Bertz CT molecular complexity index is 2900. The van der Waals surface area contributed by atoms with Gasteiger partial charge in [0, 0.05) is 44.5 Å². The summed E-state index contributed by atoms with van der Waals surface area (Å²) in [5.41, 5.74) is 11.6. The van der Waals surface area contributed by atoms with Gasteiger partial charge in [0.15, 0.2) is 11.6 Å². The number of hydrogen-bond acceptors (Lipinski definition) is 4. The van der Waals surface area contributed by atoms with Crippen LogP contribution in [-0.4, -0.2) is 19.5 Å². The zero-order chi connectivity index (χ0) is 37.3. The predicted molar refractivity (Wildman–Crippen MR) is 231 cm³/mol. The van der Waals surface area contributed by atoms with Crippen LogP contribution >= 0.6 is 0 Å². The van der Waals surface area contributed by atoms with E-state index in [0.717, 1.165) is 72.2 Å². The van der Waals surface area contributed by atoms with Gasteiger partial charge in [0.05, 0.1) is 11.0 Å². The molecule has 10 rings (SSSR count). The summed E-state index contributed by atoms with van der Waals surface area (Å²) in [6.07, 6.45) is 0. The van der Waals surface area contributed by atoms with E-state index < -0.39 is 0 Å². The van der Waals surface area contributed by atoms with Gasteiger partial charge in [-0.15, -0.1) is 0 Å². The highest BCUT2D eigenvalue weighted by Gasteiger charge is 2.20. The maximum absolute atomic E-state index is 5.28. The zero-order valence-corrected chi connectivity index (χ0v) is 30.4. The van der Waals surface area contributed by atoms with Gasteiger partial charge in [-0.05, 0) is 65.2 Å². The average Bonchev–Trinajstić information content (AvgIpc) is 3.63. The standard InChI is InChI=1S/C51H35N5/c1-5-17-37(18-6-1)44-28-16-29-46-45-27-13-14-30-47(45)56(48(44)46)51-53-49(38-19-7-2-8-20-38)52-50(54-51)40-22-15-21-39(35-40)36-31-33-43(34-32-36)55(41-23-9-3-10-24-41)42-25-11-4-12-26-42/h1-35H. The number of para-hydroxylation sites is 4. The number of hydrogen-bond donors (Lipinski definition) is 0. The number of nitrogens with zero attached hydrogens (tertiary/aromatic N) is 5. The normalized spacial score (nSPS) is 11.2. The van der Waals surface area contributed by atoms with Crippen LogP contribution in [0.5, 0.6) is 0 Å². The van der Waals surface area contributed by atoms with Crippen LogP contribution in [0.4, 0.5) is 17.1 Å². The first kappa shape index (κ1) is 33.0. The van der Waals surface area contributed by atoms with Gasteiger partial charge in [0.2, 0.25) is 5.95 Å². The summed E-state index contributed by atoms with van der Waals surface area (Å²) in [4.78, 5) is 17.9. The molecule has 0 N–H and O–H groups in total. The number of aromatic nitrogens is 4. The van der Waals surface area contributed by atoms with Crippen molar-refractivity contribution >= 4 is 38.9 Å². The Balaban J connectivity index is 1.11. The van der Waals surface area contributed by atoms with Crippen LogP contribution in [0.15, 0.2) is 212 Å². The monoisotopic (exact) mass is 717 g/mol. The van der Waals surface area contributed by atoms with Crippen LogP contribution in [0.1, 0.15) is 0 Å². The summed E-state index contributed by atoms with van der Waals surface area (Å²) in [7, 11) is 0. The lowest BCUT2D eigenvalue weighted by atomic mass is 10.0. The molecule has 5 nitrogen and oxygen atoms in total. The van der Waals surface area contributed by atoms with Gasteiger partial charge in [0.25, 0.3) is 0 Å². The highest BCUT2D eigenvalue weighted by atomic mass is 15.2. The van der Waals surface area contributed by atoms with Crippen molar-refractivity contribution in [1.29, 1.82) is 0 Å². The van der Waals surface area contributed by atoms with Crippen LogP contribution in [0, 0.1) is 0 Å². The number of anilines is 3. The Morgan fingerprint density at radius 3 is 1.52 bits per heavy atom. The maximum Gasteiger partial charge on any atom is 0.238 e. The summed E-state index contributed by atoms with van der Waals surface area (Å²) in [6, 6.07) is 73.9. The quantitative estimate of drug-likeness (QED) is 0.157. The Labute approximate surface area is 325 Å². The largest absolute Gasteiger partial charge is 0.311 e. The van der Waals surface area contributed by atoms with Crippen molar-refractivity contribution in [3.05, 3.63) is 212 Å². The molecule has 0 spiro atoms. The van der Waals surface area contributed by atoms with Gasteiger partial charge in [-0.25, -0.2) is 4.98 Å². The minimum Gasteiger partial charge on any atom is -0.311 e. The Kier molecular flexibility index (Phi) is 8.43. The van der Waals surface area contributed by atoms with E-state index in [4.69, 9.17) is 15.0 Å². The van der Waals surface area contributed by atoms with Gasteiger partial charge >= 0.3 is 0 Å². The average molecular weight is 718 g/mol. The minimum absolute atomic E-state index is 0.570. The molecule has 56 heavy (non-hydrogen) atoms. The molecule has 10 aromatic rings. The molecular formula is C51H35N5. The molecule has 0 fully saturated rings. The summed E-state index contributed by atoms with van der Waals surface area (Å²) in [6.45, 7) is 0. The highest BCUT2D eigenvalue weighted by Crippen LogP contribution is 2.39. The molecule has 0 radical (unpaired) electrons. The SMILES string of the molecule is c1ccc(-c2nc(-c3cccc(-c4ccc(N(c5ccccc5)c5ccccc5)cc4)c3)nc(-n3c4ccccc4c4cccc(-c5ccccc5)c43)n2)cc1. The van der Waals surface area contributed by atoms with Gasteiger partial charge < -0.3 is 4.90 Å². The topological polar surface area (TPSA) is 46.8 Å². The van der Waals surface area contributed by atoms with Crippen LogP contribution in [0.2, 0.25) is 0 Å². The fraction of sp³-hybridized carbons (Fsp3) is 0. The van der Waals surface area contributed by atoms with E-state index in [2.05, 4.69) is 191 Å². The van der Waals surface area contributed by atoms with E-state index in [1.807, 2.05) is 30.3 Å². The summed E-state index contributed by atoms with van der Waals surface area (Å²) < 4.78 is 2.21. The molecule has 2 heterocycles. The minimum atomic E-state index is 0.570. The first-order valence-electron chi connectivity index (χ1n) is 18.8. The van der Waals surface area contributed by atoms with E-state index in [0.29, 0.717) is 17.6 Å². The van der Waals surface area contributed by atoms with E-state index in [-0.39, 0.29) is 0 Å². The Morgan fingerprint density at radius 1 is 0.339 bits per heavy atom. The number of fused-ring (bicyclic) bond motifs is 3. The van der Waals surface area contributed by atoms with Crippen molar-refractivity contribution in [2.75, 3.05) is 4.90 Å². The lowest BCUT2D eigenvalue weighted by molar-refractivity contribution is 0.954. The number of rotatable bonds is 8. The second kappa shape index (κ2) is 14.3. The Morgan fingerprint density at radius 2 is 0.839 bits per heavy atom. The molecule has 8 aromatic carbocycles. The van der Waals surface area contributed by atoms with E-state index in [1.54, 1.807) is 0 Å². The van der Waals surface area contributed by atoms with Crippen LogP contribution in [0.3, 0.4) is 0 Å². The molecule has 0 bridgehead atoms. The highest BCUT2D eigenvalue weighted by molar-refractivity contribution is 6.13. The molecule has 0 aliphatic carbocycles. The molecule has 0 amide bonds. The van der Waals surface area contributed by atoms with Gasteiger partial charge in [-0.2, -0.15) is 9.97 Å². The van der Waals surface area contributed by atoms with Gasteiger partial charge in [-0.3, -0.25) is 4.57 Å². The molecule has 0 saturated carbocycles. The first-order valence-corrected chi connectivity index (χ1v) is 18.8. The molecule has 0 unspecified atom stereocenters. The molecule has 0 saturated heterocycles. The second-order valence-corrected chi connectivity index (χ2v) is 13.7. The second-order valence-electron chi connectivity index (χ2n) is 13.7. The van der Waals surface area contributed by atoms with Crippen LogP contribution < -0.4 is 4.90 Å². The lowest BCUT2D eigenvalue weighted by Gasteiger charge is -2.25. The zero-order valence-electron chi connectivity index (χ0n) is 30.4. The van der Waals surface area contributed by atoms with Crippen molar-refractivity contribution in [3.63, 3.8) is 0 Å². The summed E-state index contributed by atoms with van der Waals surface area (Å²) in [5.74, 6) is 1.79. The third-order valence-corrected chi connectivity index (χ3v) is 10.2.